The quantitative estimate of drug-likeness (QED) is 0.790. The van der Waals surface area contributed by atoms with Crippen molar-refractivity contribution in [2.75, 3.05) is 6.54 Å². The van der Waals surface area contributed by atoms with Crippen LogP contribution in [0.4, 0.5) is 0 Å². The molecule has 0 bridgehead atoms. The maximum Gasteiger partial charge on any atom is 0.326 e. The number of carbonyl (C=O) groups excluding carboxylic acids is 1. The molecule has 25 heavy (non-hydrogen) atoms. The van der Waals surface area contributed by atoms with Gasteiger partial charge in [0.1, 0.15) is 0 Å². The lowest BCUT2D eigenvalue weighted by Gasteiger charge is -2.35. The van der Waals surface area contributed by atoms with Crippen LogP contribution in [0.1, 0.15) is 29.6 Å². The minimum absolute atomic E-state index is 0.0171. The van der Waals surface area contributed by atoms with Crippen molar-refractivity contribution < 1.29 is 4.79 Å². The van der Waals surface area contributed by atoms with E-state index in [1.54, 1.807) is 29.9 Å². The molecule has 1 fully saturated rings. The van der Waals surface area contributed by atoms with Crippen molar-refractivity contribution in [3.63, 3.8) is 0 Å². The molecule has 0 radical (unpaired) electrons. The average Bonchev–Trinajstić information content (AvgIpc) is 3.23. The molecule has 1 unspecified atom stereocenters. The molecule has 3 heterocycles. The minimum Gasteiger partial charge on any atom is -0.334 e. The summed E-state index contributed by atoms with van der Waals surface area (Å²) in [5.41, 5.74) is 1.93. The zero-order chi connectivity index (χ0) is 17.4. The van der Waals surface area contributed by atoms with Crippen molar-refractivity contribution in [2.45, 2.75) is 31.8 Å². The molecular weight excluding hydrogens is 318 g/mol. The van der Waals surface area contributed by atoms with Gasteiger partial charge in [0.15, 0.2) is 0 Å². The van der Waals surface area contributed by atoms with Crippen molar-refractivity contribution in [2.24, 2.45) is 7.05 Å². The number of piperidine rings is 1. The summed E-state index contributed by atoms with van der Waals surface area (Å²) in [7, 11) is 1.72. The van der Waals surface area contributed by atoms with Crippen molar-refractivity contribution in [1.82, 2.24) is 24.2 Å². The monoisotopic (exact) mass is 339 g/mol. The van der Waals surface area contributed by atoms with Crippen LogP contribution in [0.2, 0.25) is 0 Å². The number of fused-ring (bicyclic) bond motifs is 1. The van der Waals surface area contributed by atoms with Gasteiger partial charge in [-0.2, -0.15) is 5.10 Å². The summed E-state index contributed by atoms with van der Waals surface area (Å²) in [6, 6.07) is 7.45. The lowest BCUT2D eigenvalue weighted by atomic mass is 10.0. The second kappa shape index (κ2) is 6.23. The molecule has 1 N–H and O–H groups in total. The van der Waals surface area contributed by atoms with Gasteiger partial charge in [-0.25, -0.2) is 4.79 Å². The van der Waals surface area contributed by atoms with E-state index >= 15 is 0 Å². The molecule has 130 valence electrons. The van der Waals surface area contributed by atoms with E-state index in [1.807, 2.05) is 27.9 Å². The number of hydrogen-bond acceptors (Lipinski definition) is 3. The van der Waals surface area contributed by atoms with Gasteiger partial charge in [0.2, 0.25) is 0 Å². The molecule has 4 rings (SSSR count). The van der Waals surface area contributed by atoms with E-state index in [9.17, 15) is 9.59 Å². The van der Waals surface area contributed by atoms with Crippen molar-refractivity contribution >= 4 is 16.9 Å². The summed E-state index contributed by atoms with van der Waals surface area (Å²) in [6.07, 6.45) is 6.81. The van der Waals surface area contributed by atoms with E-state index < -0.39 is 0 Å². The van der Waals surface area contributed by atoms with Gasteiger partial charge in [0.25, 0.3) is 5.91 Å². The number of likely N-dealkylation sites (tertiary alicyclic amines) is 1. The highest BCUT2D eigenvalue weighted by atomic mass is 16.2. The van der Waals surface area contributed by atoms with Crippen LogP contribution in [0, 0.1) is 0 Å². The van der Waals surface area contributed by atoms with Crippen LogP contribution in [0.3, 0.4) is 0 Å². The number of hydrogen-bond donors (Lipinski definition) is 1. The third-order valence-corrected chi connectivity index (χ3v) is 5.00. The van der Waals surface area contributed by atoms with E-state index in [-0.39, 0.29) is 17.6 Å². The Morgan fingerprint density at radius 3 is 3.04 bits per heavy atom. The van der Waals surface area contributed by atoms with Crippen LogP contribution in [0.5, 0.6) is 0 Å². The third kappa shape index (κ3) is 2.86. The van der Waals surface area contributed by atoms with Gasteiger partial charge in [-0.1, -0.05) is 0 Å². The summed E-state index contributed by atoms with van der Waals surface area (Å²) in [6.45, 7) is 1.47. The van der Waals surface area contributed by atoms with Gasteiger partial charge in [-0.15, -0.1) is 0 Å². The molecule has 1 aromatic carbocycles. The number of benzene rings is 1. The van der Waals surface area contributed by atoms with Crippen LogP contribution >= 0.6 is 0 Å². The molecule has 1 atom stereocenters. The number of amides is 1. The van der Waals surface area contributed by atoms with E-state index in [0.717, 1.165) is 31.3 Å². The number of aryl methyl sites for hydroxylation is 1. The molecule has 0 aliphatic carbocycles. The minimum atomic E-state index is -0.172. The molecule has 1 aliphatic heterocycles. The van der Waals surface area contributed by atoms with Crippen LogP contribution in [0.15, 0.2) is 41.5 Å². The standard InChI is InChI=1S/C18H21N5O2/c1-21-16-7-6-13(11-15(16)20-18(21)25)17(24)23-10-3-2-5-14(23)12-22-9-4-8-19-22/h4,6-9,11,14H,2-3,5,10,12H2,1H3,(H,20,25). The van der Waals surface area contributed by atoms with Crippen LogP contribution in [-0.4, -0.2) is 42.7 Å². The van der Waals surface area contributed by atoms with E-state index in [0.29, 0.717) is 17.6 Å². The number of nitrogens with one attached hydrogen (secondary N) is 1. The third-order valence-electron chi connectivity index (χ3n) is 5.00. The van der Waals surface area contributed by atoms with Crippen molar-refractivity contribution in [3.8, 4) is 0 Å². The Morgan fingerprint density at radius 1 is 1.36 bits per heavy atom. The number of aromatic amines is 1. The summed E-state index contributed by atoms with van der Waals surface area (Å²) in [5, 5.41) is 4.27. The molecule has 1 saturated heterocycles. The predicted octanol–water partition coefficient (Wildman–Crippen LogP) is 1.76. The topological polar surface area (TPSA) is 75.9 Å². The van der Waals surface area contributed by atoms with E-state index in [2.05, 4.69) is 10.1 Å². The Kier molecular flexibility index (Phi) is 3.91. The molecule has 7 heteroatoms. The Bertz CT molecular complexity index is 954. The fraction of sp³-hybridized carbons (Fsp3) is 0.389. The molecule has 2 aromatic heterocycles. The fourth-order valence-corrected chi connectivity index (χ4v) is 3.62. The smallest absolute Gasteiger partial charge is 0.326 e. The normalized spacial score (nSPS) is 18.0. The number of aromatic nitrogens is 4. The zero-order valence-corrected chi connectivity index (χ0v) is 14.2. The molecule has 1 amide bonds. The molecule has 0 saturated carbocycles. The molecule has 0 spiro atoms. The molecule has 1 aliphatic rings. The van der Waals surface area contributed by atoms with Gasteiger partial charge in [-0.3, -0.25) is 14.0 Å². The maximum absolute atomic E-state index is 13.1. The largest absolute Gasteiger partial charge is 0.334 e. The second-order valence-electron chi connectivity index (χ2n) is 6.60. The molecule has 7 nitrogen and oxygen atoms in total. The lowest BCUT2D eigenvalue weighted by Crippen LogP contribution is -2.45. The van der Waals surface area contributed by atoms with Crippen LogP contribution in [-0.2, 0) is 13.6 Å². The number of rotatable bonds is 3. The first kappa shape index (κ1) is 15.7. The van der Waals surface area contributed by atoms with Gasteiger partial charge in [0, 0.05) is 31.5 Å². The van der Waals surface area contributed by atoms with Gasteiger partial charge < -0.3 is 9.88 Å². The van der Waals surface area contributed by atoms with Crippen molar-refractivity contribution in [1.29, 1.82) is 0 Å². The average molecular weight is 339 g/mol. The second-order valence-corrected chi connectivity index (χ2v) is 6.60. The predicted molar refractivity (Wildman–Crippen MR) is 94.4 cm³/mol. The van der Waals surface area contributed by atoms with Gasteiger partial charge >= 0.3 is 5.69 Å². The first-order valence-electron chi connectivity index (χ1n) is 8.60. The summed E-state index contributed by atoms with van der Waals surface area (Å²) in [5.74, 6) is 0.0171. The zero-order valence-electron chi connectivity index (χ0n) is 14.2. The number of nitrogens with zero attached hydrogens (tertiary/aromatic N) is 4. The van der Waals surface area contributed by atoms with E-state index in [1.165, 1.54) is 0 Å². The highest BCUT2D eigenvalue weighted by Crippen LogP contribution is 2.22. The van der Waals surface area contributed by atoms with Gasteiger partial charge in [0.05, 0.1) is 23.6 Å². The molecule has 3 aromatic rings. The summed E-state index contributed by atoms with van der Waals surface area (Å²) >= 11 is 0. The maximum atomic E-state index is 13.1. The highest BCUT2D eigenvalue weighted by molar-refractivity contribution is 5.97. The number of carbonyl (C=O) groups is 1. The Hall–Kier alpha value is -2.83. The van der Waals surface area contributed by atoms with Gasteiger partial charge in [-0.05, 0) is 43.5 Å². The first-order valence-corrected chi connectivity index (χ1v) is 8.60. The summed E-state index contributed by atoms with van der Waals surface area (Å²) in [4.78, 5) is 29.6. The Labute approximate surface area is 144 Å². The number of imidazole rings is 1. The number of H-pyrrole nitrogens is 1. The lowest BCUT2D eigenvalue weighted by molar-refractivity contribution is 0.0584. The Balaban J connectivity index is 1.62. The highest BCUT2D eigenvalue weighted by Gasteiger charge is 2.28. The van der Waals surface area contributed by atoms with Crippen LogP contribution in [0.25, 0.3) is 11.0 Å². The Morgan fingerprint density at radius 2 is 2.24 bits per heavy atom. The fourth-order valence-electron chi connectivity index (χ4n) is 3.62. The SMILES string of the molecule is Cn1c(=O)[nH]c2cc(C(=O)N3CCCCC3Cn3cccn3)ccc21. The van der Waals surface area contributed by atoms with Crippen molar-refractivity contribution in [3.05, 3.63) is 52.7 Å². The van der Waals surface area contributed by atoms with Crippen LogP contribution < -0.4 is 5.69 Å². The van der Waals surface area contributed by atoms with E-state index in [4.69, 9.17) is 0 Å². The molecular formula is C18H21N5O2. The summed E-state index contributed by atoms with van der Waals surface area (Å²) < 4.78 is 3.43. The first-order chi connectivity index (χ1) is 12.1.